The van der Waals surface area contributed by atoms with E-state index in [4.69, 9.17) is 11.6 Å². The van der Waals surface area contributed by atoms with E-state index >= 15 is 0 Å². The molecule has 0 saturated carbocycles. The van der Waals surface area contributed by atoms with Gasteiger partial charge in [-0.05, 0) is 42.3 Å². The molecule has 21 heavy (non-hydrogen) atoms. The average Bonchev–Trinajstić information content (AvgIpc) is 2.45. The maximum absolute atomic E-state index is 11.7. The van der Waals surface area contributed by atoms with Gasteiger partial charge in [0, 0.05) is 21.7 Å². The van der Waals surface area contributed by atoms with E-state index in [1.807, 2.05) is 48.5 Å². The summed E-state index contributed by atoms with van der Waals surface area (Å²) in [4.78, 5) is 11.7. The Balaban J connectivity index is 1.70. The van der Waals surface area contributed by atoms with Crippen LogP contribution < -0.4 is 10.6 Å². The van der Waals surface area contributed by atoms with Gasteiger partial charge in [-0.25, -0.2) is 0 Å². The highest BCUT2D eigenvalue weighted by molar-refractivity contribution is 9.10. The zero-order valence-corrected chi connectivity index (χ0v) is 13.7. The first kappa shape index (κ1) is 15.9. The van der Waals surface area contributed by atoms with E-state index in [0.717, 1.165) is 27.2 Å². The smallest absolute Gasteiger partial charge is 0.239 e. The molecule has 0 aliphatic carbocycles. The molecular formula is C16H16BrClN2O. The van der Waals surface area contributed by atoms with Gasteiger partial charge in [-0.15, -0.1) is 0 Å². The molecule has 0 aromatic heterocycles. The van der Waals surface area contributed by atoms with Crippen molar-refractivity contribution in [3.05, 3.63) is 63.6 Å². The van der Waals surface area contributed by atoms with Crippen LogP contribution in [0.3, 0.4) is 0 Å². The van der Waals surface area contributed by atoms with Crippen LogP contribution in [0.2, 0.25) is 5.02 Å². The van der Waals surface area contributed by atoms with Gasteiger partial charge in [0.05, 0.1) is 6.54 Å². The Morgan fingerprint density at radius 2 is 1.95 bits per heavy atom. The van der Waals surface area contributed by atoms with Crippen LogP contribution in [0.5, 0.6) is 0 Å². The molecule has 5 heteroatoms. The normalized spacial score (nSPS) is 10.2. The predicted molar refractivity (Wildman–Crippen MR) is 90.8 cm³/mol. The summed E-state index contributed by atoms with van der Waals surface area (Å²) >= 11 is 9.31. The van der Waals surface area contributed by atoms with Crippen molar-refractivity contribution in [1.29, 1.82) is 0 Å². The fourth-order valence-corrected chi connectivity index (χ4v) is 2.49. The predicted octanol–water partition coefficient (Wildman–Crippen LogP) is 3.87. The summed E-state index contributed by atoms with van der Waals surface area (Å²) in [6.07, 6.45) is 0.767. The van der Waals surface area contributed by atoms with Crippen LogP contribution in [0.25, 0.3) is 0 Å². The summed E-state index contributed by atoms with van der Waals surface area (Å²) < 4.78 is 0.980. The van der Waals surface area contributed by atoms with Crippen molar-refractivity contribution < 1.29 is 4.79 Å². The number of hydrogen-bond donors (Lipinski definition) is 2. The molecule has 1 amide bonds. The molecule has 0 heterocycles. The highest BCUT2D eigenvalue weighted by Crippen LogP contribution is 2.15. The second kappa shape index (κ2) is 8.05. The topological polar surface area (TPSA) is 41.1 Å². The second-order valence-corrected chi connectivity index (χ2v) is 5.95. The Labute approximate surface area is 137 Å². The Morgan fingerprint density at radius 1 is 1.14 bits per heavy atom. The first-order valence-corrected chi connectivity index (χ1v) is 7.81. The van der Waals surface area contributed by atoms with E-state index in [9.17, 15) is 4.79 Å². The van der Waals surface area contributed by atoms with Gasteiger partial charge >= 0.3 is 0 Å². The first-order valence-electron chi connectivity index (χ1n) is 6.64. The van der Waals surface area contributed by atoms with Gasteiger partial charge < -0.3 is 10.6 Å². The molecule has 2 rings (SSSR count). The minimum Gasteiger partial charge on any atom is -0.376 e. The van der Waals surface area contributed by atoms with Gasteiger partial charge in [-0.3, -0.25) is 4.79 Å². The molecule has 2 aromatic carbocycles. The Kier molecular flexibility index (Phi) is 6.08. The van der Waals surface area contributed by atoms with Crippen molar-refractivity contribution >= 4 is 39.1 Å². The number of rotatable bonds is 6. The molecule has 0 saturated heterocycles. The first-order chi connectivity index (χ1) is 10.1. The summed E-state index contributed by atoms with van der Waals surface area (Å²) in [5.41, 5.74) is 2.03. The lowest BCUT2D eigenvalue weighted by atomic mass is 10.1. The average molecular weight is 368 g/mol. The Bertz CT molecular complexity index is 619. The van der Waals surface area contributed by atoms with E-state index in [1.165, 1.54) is 0 Å². The van der Waals surface area contributed by atoms with Gasteiger partial charge in [0.25, 0.3) is 0 Å². The van der Waals surface area contributed by atoms with Gasteiger partial charge in [0.1, 0.15) is 0 Å². The lowest BCUT2D eigenvalue weighted by Crippen LogP contribution is -2.31. The van der Waals surface area contributed by atoms with Crippen LogP contribution in [0, 0.1) is 0 Å². The number of carbonyl (C=O) groups is 1. The summed E-state index contributed by atoms with van der Waals surface area (Å²) in [6.45, 7) is 0.853. The van der Waals surface area contributed by atoms with Crippen molar-refractivity contribution in [2.24, 2.45) is 0 Å². The molecule has 0 aliphatic heterocycles. The number of hydrogen-bond acceptors (Lipinski definition) is 2. The number of halogens is 2. The molecule has 2 aromatic rings. The molecule has 2 N–H and O–H groups in total. The Morgan fingerprint density at radius 3 is 2.71 bits per heavy atom. The zero-order chi connectivity index (χ0) is 15.1. The quantitative estimate of drug-likeness (QED) is 0.813. The van der Waals surface area contributed by atoms with E-state index in [0.29, 0.717) is 6.54 Å². The highest BCUT2D eigenvalue weighted by atomic mass is 79.9. The van der Waals surface area contributed by atoms with Crippen molar-refractivity contribution in [2.45, 2.75) is 6.42 Å². The van der Waals surface area contributed by atoms with E-state index in [-0.39, 0.29) is 12.5 Å². The Hall–Kier alpha value is -1.52. The molecular weight excluding hydrogens is 352 g/mol. The number of carbonyl (C=O) groups excluding carboxylic acids is 1. The lowest BCUT2D eigenvalue weighted by Gasteiger charge is -2.08. The monoisotopic (exact) mass is 366 g/mol. The minimum absolute atomic E-state index is 0.0306. The molecule has 0 spiro atoms. The molecule has 0 fully saturated rings. The molecule has 0 bridgehead atoms. The van der Waals surface area contributed by atoms with Gasteiger partial charge in [-0.1, -0.05) is 45.7 Å². The van der Waals surface area contributed by atoms with E-state index < -0.39 is 0 Å². The summed E-state index contributed by atoms with van der Waals surface area (Å²) in [5, 5.41) is 6.68. The molecule has 0 unspecified atom stereocenters. The van der Waals surface area contributed by atoms with E-state index in [1.54, 1.807) is 0 Å². The van der Waals surface area contributed by atoms with Gasteiger partial charge in [0.2, 0.25) is 5.91 Å². The lowest BCUT2D eigenvalue weighted by molar-refractivity contribution is -0.119. The maximum Gasteiger partial charge on any atom is 0.239 e. The number of nitrogens with one attached hydrogen (secondary N) is 2. The van der Waals surface area contributed by atoms with Crippen LogP contribution in [-0.4, -0.2) is 19.0 Å². The second-order valence-electron chi connectivity index (χ2n) is 4.59. The maximum atomic E-state index is 11.7. The molecule has 110 valence electrons. The standard InChI is InChI=1S/C16H16BrClN2O/c17-13-4-2-6-15(10-13)20-11-16(21)19-8-7-12-3-1-5-14(18)9-12/h1-6,9-10,20H,7-8,11H2,(H,19,21). The third kappa shape index (κ3) is 5.78. The van der Waals surface area contributed by atoms with Crippen LogP contribution >= 0.6 is 27.5 Å². The van der Waals surface area contributed by atoms with Gasteiger partial charge in [0.15, 0.2) is 0 Å². The minimum atomic E-state index is -0.0306. The van der Waals surface area contributed by atoms with Crippen LogP contribution in [0.15, 0.2) is 53.0 Å². The molecule has 0 aliphatic rings. The number of anilines is 1. The molecule has 0 radical (unpaired) electrons. The highest BCUT2D eigenvalue weighted by Gasteiger charge is 2.01. The number of benzene rings is 2. The van der Waals surface area contributed by atoms with Crippen LogP contribution in [0.1, 0.15) is 5.56 Å². The third-order valence-electron chi connectivity index (χ3n) is 2.90. The summed E-state index contributed by atoms with van der Waals surface area (Å²) in [7, 11) is 0. The van der Waals surface area contributed by atoms with Crippen molar-refractivity contribution in [3.63, 3.8) is 0 Å². The largest absolute Gasteiger partial charge is 0.376 e. The number of amides is 1. The van der Waals surface area contributed by atoms with Crippen molar-refractivity contribution in [2.75, 3.05) is 18.4 Å². The zero-order valence-electron chi connectivity index (χ0n) is 11.4. The van der Waals surface area contributed by atoms with Crippen LogP contribution in [0.4, 0.5) is 5.69 Å². The fraction of sp³-hybridized carbons (Fsp3) is 0.188. The fourth-order valence-electron chi connectivity index (χ4n) is 1.88. The summed E-state index contributed by atoms with van der Waals surface area (Å²) in [5.74, 6) is -0.0306. The van der Waals surface area contributed by atoms with Gasteiger partial charge in [-0.2, -0.15) is 0 Å². The summed E-state index contributed by atoms with van der Waals surface area (Å²) in [6, 6.07) is 15.4. The van der Waals surface area contributed by atoms with Crippen molar-refractivity contribution in [3.8, 4) is 0 Å². The SMILES string of the molecule is O=C(CNc1cccc(Br)c1)NCCc1cccc(Cl)c1. The third-order valence-corrected chi connectivity index (χ3v) is 3.63. The molecule has 0 atom stereocenters. The van der Waals surface area contributed by atoms with Crippen LogP contribution in [-0.2, 0) is 11.2 Å². The van der Waals surface area contributed by atoms with Crippen molar-refractivity contribution in [1.82, 2.24) is 5.32 Å². The van der Waals surface area contributed by atoms with E-state index in [2.05, 4.69) is 26.6 Å². The molecule has 3 nitrogen and oxygen atoms in total.